The quantitative estimate of drug-likeness (QED) is 0.383. The maximum absolute atomic E-state index is 13.2. The fraction of sp³-hybridized carbons (Fsp3) is 0.542. The first-order valence-corrected chi connectivity index (χ1v) is 11.1. The third kappa shape index (κ3) is 8.90. The number of halogens is 3. The summed E-state index contributed by atoms with van der Waals surface area (Å²) in [5.74, 6) is -1.81. The fourth-order valence-electron chi connectivity index (χ4n) is 3.64. The fourth-order valence-corrected chi connectivity index (χ4v) is 3.64. The number of hydrogen-bond donors (Lipinski definition) is 1. The van der Waals surface area contributed by atoms with Crippen LogP contribution in [0.15, 0.2) is 42.5 Å². The van der Waals surface area contributed by atoms with Crippen LogP contribution < -0.4 is 5.32 Å². The van der Waals surface area contributed by atoms with E-state index >= 15 is 0 Å². The summed E-state index contributed by atoms with van der Waals surface area (Å²) in [4.78, 5) is 39.4. The van der Waals surface area contributed by atoms with E-state index in [0.717, 1.165) is 5.56 Å². The van der Waals surface area contributed by atoms with Gasteiger partial charge >= 0.3 is 12.1 Å². The molecule has 0 bridgehead atoms. The standard InChI is InChI=1S/C24H31F3N2O4/c1-17-22(18-10-5-3-6-11-18)33-21(31)13-8-4-7-12-19(23(32)29(17)2)16-20(30)28-15-9-14-24(25,26)27/h3-7,10-11,17,19,22H,8-9,12-16H2,1-2H3,(H,28,30)/t17-,19-,22-/m0/s1. The number of nitrogens with zero attached hydrogens (tertiary/aromatic N) is 1. The number of carbonyl (C=O) groups excluding carboxylic acids is 3. The van der Waals surface area contributed by atoms with Crippen molar-refractivity contribution in [3.05, 3.63) is 48.0 Å². The molecule has 1 aromatic rings. The Balaban J connectivity index is 2.12. The highest BCUT2D eigenvalue weighted by molar-refractivity contribution is 5.86. The average Bonchev–Trinajstić information content (AvgIpc) is 2.77. The van der Waals surface area contributed by atoms with Crippen molar-refractivity contribution in [2.75, 3.05) is 13.6 Å². The average molecular weight is 469 g/mol. The number of rotatable bonds is 6. The van der Waals surface area contributed by atoms with Gasteiger partial charge in [0.25, 0.3) is 0 Å². The van der Waals surface area contributed by atoms with Crippen LogP contribution in [0.2, 0.25) is 0 Å². The van der Waals surface area contributed by atoms with Crippen molar-refractivity contribution in [2.45, 2.75) is 63.8 Å². The second kappa shape index (κ2) is 12.4. The molecule has 33 heavy (non-hydrogen) atoms. The molecule has 1 N–H and O–H groups in total. The number of alkyl halides is 3. The molecule has 0 unspecified atom stereocenters. The van der Waals surface area contributed by atoms with Crippen molar-refractivity contribution in [3.8, 4) is 0 Å². The maximum Gasteiger partial charge on any atom is 0.389 e. The molecular formula is C24H31F3N2O4. The van der Waals surface area contributed by atoms with Crippen molar-refractivity contribution in [1.29, 1.82) is 0 Å². The highest BCUT2D eigenvalue weighted by atomic mass is 19.4. The van der Waals surface area contributed by atoms with E-state index in [2.05, 4.69) is 5.32 Å². The summed E-state index contributed by atoms with van der Waals surface area (Å²) >= 11 is 0. The number of hydrogen-bond acceptors (Lipinski definition) is 4. The molecule has 2 amide bonds. The van der Waals surface area contributed by atoms with Crippen LogP contribution in [0.25, 0.3) is 0 Å². The van der Waals surface area contributed by atoms with E-state index in [0.29, 0.717) is 6.42 Å². The Labute approximate surface area is 192 Å². The molecule has 0 saturated heterocycles. The summed E-state index contributed by atoms with van der Waals surface area (Å²) < 4.78 is 42.5. The Bertz CT molecular complexity index is 827. The van der Waals surface area contributed by atoms with E-state index in [4.69, 9.17) is 4.74 Å². The third-order valence-electron chi connectivity index (χ3n) is 5.63. The first kappa shape index (κ1) is 26.4. The van der Waals surface area contributed by atoms with E-state index in [1.54, 1.807) is 26.1 Å². The van der Waals surface area contributed by atoms with Crippen LogP contribution in [0.4, 0.5) is 13.2 Å². The number of ether oxygens (including phenoxy) is 1. The molecule has 0 saturated carbocycles. The molecule has 2 rings (SSSR count). The molecule has 6 nitrogen and oxygen atoms in total. The zero-order valence-electron chi connectivity index (χ0n) is 18.9. The van der Waals surface area contributed by atoms with Gasteiger partial charge in [0.05, 0.1) is 12.0 Å². The normalized spacial score (nSPS) is 22.8. The van der Waals surface area contributed by atoms with Crippen molar-refractivity contribution in [2.24, 2.45) is 5.92 Å². The van der Waals surface area contributed by atoms with Crippen LogP contribution in [0.1, 0.15) is 57.1 Å². The van der Waals surface area contributed by atoms with Crippen molar-refractivity contribution in [3.63, 3.8) is 0 Å². The zero-order valence-corrected chi connectivity index (χ0v) is 18.9. The van der Waals surface area contributed by atoms with Gasteiger partial charge < -0.3 is 15.0 Å². The molecule has 9 heteroatoms. The minimum absolute atomic E-state index is 0.104. The van der Waals surface area contributed by atoms with Gasteiger partial charge in [-0.05, 0) is 31.7 Å². The third-order valence-corrected chi connectivity index (χ3v) is 5.63. The minimum atomic E-state index is -4.27. The lowest BCUT2D eigenvalue weighted by Gasteiger charge is -2.34. The summed E-state index contributed by atoms with van der Waals surface area (Å²) in [6.07, 6.45) is -1.83. The molecular weight excluding hydrogens is 437 g/mol. The number of allylic oxidation sites excluding steroid dienone is 2. The summed E-state index contributed by atoms with van der Waals surface area (Å²) in [7, 11) is 1.60. The topological polar surface area (TPSA) is 75.7 Å². The SMILES string of the molecule is C[C@H]1[C@@H](c2ccccc2)OC(=O)CCC=CC[C@@H](CC(=O)NCCCC(F)(F)F)C(=O)N1C. The predicted octanol–water partition coefficient (Wildman–Crippen LogP) is 4.32. The first-order chi connectivity index (χ1) is 15.6. The molecule has 0 aliphatic carbocycles. The zero-order chi connectivity index (χ0) is 24.4. The van der Waals surface area contributed by atoms with Gasteiger partial charge in [0.15, 0.2) is 0 Å². The summed E-state index contributed by atoms with van der Waals surface area (Å²) in [5, 5.41) is 2.47. The number of nitrogens with one attached hydrogen (secondary N) is 1. The van der Waals surface area contributed by atoms with E-state index in [-0.39, 0.29) is 44.1 Å². The van der Waals surface area contributed by atoms with Crippen LogP contribution in [-0.2, 0) is 19.1 Å². The largest absolute Gasteiger partial charge is 0.455 e. The molecule has 3 atom stereocenters. The van der Waals surface area contributed by atoms with E-state index in [1.165, 1.54) is 4.90 Å². The Kier molecular flexibility index (Phi) is 9.94. The lowest BCUT2D eigenvalue weighted by molar-refractivity contribution is -0.156. The van der Waals surface area contributed by atoms with Gasteiger partial charge in [-0.15, -0.1) is 0 Å². The monoisotopic (exact) mass is 468 g/mol. The van der Waals surface area contributed by atoms with E-state index in [1.807, 2.05) is 30.3 Å². The van der Waals surface area contributed by atoms with Gasteiger partial charge in [-0.25, -0.2) is 0 Å². The van der Waals surface area contributed by atoms with Crippen molar-refractivity contribution in [1.82, 2.24) is 10.2 Å². The summed E-state index contributed by atoms with van der Waals surface area (Å²) in [6, 6.07) is 8.64. The lowest BCUT2D eigenvalue weighted by atomic mass is 9.95. The van der Waals surface area contributed by atoms with Crippen LogP contribution in [0.3, 0.4) is 0 Å². The molecule has 1 aliphatic heterocycles. The van der Waals surface area contributed by atoms with Gasteiger partial charge in [-0.1, -0.05) is 42.5 Å². The van der Waals surface area contributed by atoms with E-state index < -0.39 is 36.6 Å². The number of likely N-dealkylation sites (N-methyl/N-ethyl adjacent to an activating group) is 1. The number of carbonyl (C=O) groups is 3. The van der Waals surface area contributed by atoms with Gasteiger partial charge in [-0.3, -0.25) is 14.4 Å². The Morgan fingerprint density at radius 2 is 1.88 bits per heavy atom. The minimum Gasteiger partial charge on any atom is -0.455 e. The first-order valence-electron chi connectivity index (χ1n) is 11.1. The van der Waals surface area contributed by atoms with Gasteiger partial charge in [0.2, 0.25) is 11.8 Å². The van der Waals surface area contributed by atoms with Crippen LogP contribution >= 0.6 is 0 Å². The number of cyclic esters (lactones) is 1. The number of esters is 1. The van der Waals surface area contributed by atoms with Gasteiger partial charge in [-0.2, -0.15) is 13.2 Å². The lowest BCUT2D eigenvalue weighted by Crippen LogP contribution is -2.44. The molecule has 0 radical (unpaired) electrons. The molecule has 182 valence electrons. The summed E-state index contributed by atoms with van der Waals surface area (Å²) in [5.41, 5.74) is 0.754. The Morgan fingerprint density at radius 3 is 2.55 bits per heavy atom. The van der Waals surface area contributed by atoms with E-state index in [9.17, 15) is 27.6 Å². The Morgan fingerprint density at radius 1 is 1.18 bits per heavy atom. The highest BCUT2D eigenvalue weighted by Gasteiger charge is 2.33. The van der Waals surface area contributed by atoms with Crippen molar-refractivity contribution < 1.29 is 32.3 Å². The Hall–Kier alpha value is -2.84. The van der Waals surface area contributed by atoms with Gasteiger partial charge in [0.1, 0.15) is 6.10 Å². The number of amides is 2. The van der Waals surface area contributed by atoms with Gasteiger partial charge in [0, 0.05) is 32.9 Å². The smallest absolute Gasteiger partial charge is 0.389 e. The molecule has 0 fully saturated rings. The van der Waals surface area contributed by atoms with Crippen LogP contribution in [-0.4, -0.2) is 48.5 Å². The molecule has 1 heterocycles. The second-order valence-corrected chi connectivity index (χ2v) is 8.23. The predicted molar refractivity (Wildman–Crippen MR) is 117 cm³/mol. The molecule has 0 spiro atoms. The maximum atomic E-state index is 13.2. The number of benzene rings is 1. The summed E-state index contributed by atoms with van der Waals surface area (Å²) in [6.45, 7) is 1.67. The highest BCUT2D eigenvalue weighted by Crippen LogP contribution is 2.28. The van der Waals surface area contributed by atoms with Crippen molar-refractivity contribution >= 4 is 17.8 Å². The molecule has 0 aromatic heterocycles. The van der Waals surface area contributed by atoms with Crippen LogP contribution in [0, 0.1) is 5.92 Å². The molecule has 1 aromatic carbocycles. The molecule has 1 aliphatic rings. The van der Waals surface area contributed by atoms with Crippen LogP contribution in [0.5, 0.6) is 0 Å². The second-order valence-electron chi connectivity index (χ2n) is 8.23.